The molecule has 1 aliphatic rings. The molecule has 0 unspecified atom stereocenters. The second kappa shape index (κ2) is 5.88. The predicted molar refractivity (Wildman–Crippen MR) is 74.6 cm³/mol. The summed E-state index contributed by atoms with van der Waals surface area (Å²) in [6, 6.07) is 3.99. The molecule has 0 atom stereocenters. The van der Waals surface area contributed by atoms with Crippen molar-refractivity contribution in [3.63, 3.8) is 0 Å². The van der Waals surface area contributed by atoms with E-state index in [1.165, 1.54) is 12.1 Å². The average Bonchev–Trinajstić information content (AvgIpc) is 3.18. The Kier molecular flexibility index (Phi) is 4.48. The first-order valence-corrected chi connectivity index (χ1v) is 8.36. The maximum Gasteiger partial charge on any atom is 0.416 e. The van der Waals surface area contributed by atoms with E-state index in [1.54, 1.807) is 0 Å². The highest BCUT2D eigenvalue weighted by Crippen LogP contribution is 2.31. The molecule has 1 aromatic rings. The van der Waals surface area contributed by atoms with Crippen molar-refractivity contribution in [2.24, 2.45) is 0 Å². The fraction of sp³-hybridized carbons (Fsp3) is 0.462. The lowest BCUT2D eigenvalue weighted by Gasteiger charge is -2.19. The number of halogens is 3. The van der Waals surface area contributed by atoms with Crippen LogP contribution in [0.15, 0.2) is 24.3 Å². The van der Waals surface area contributed by atoms with Crippen molar-refractivity contribution >= 4 is 21.6 Å². The molecule has 0 bridgehead atoms. The van der Waals surface area contributed by atoms with Crippen LogP contribution in [-0.2, 0) is 21.0 Å². The molecule has 5 nitrogen and oxygen atoms in total. The number of sulfonamides is 1. The van der Waals surface area contributed by atoms with Gasteiger partial charge in [0.25, 0.3) is 0 Å². The van der Waals surface area contributed by atoms with Gasteiger partial charge < -0.3 is 5.32 Å². The van der Waals surface area contributed by atoms with Crippen LogP contribution in [0.25, 0.3) is 0 Å². The molecule has 1 fully saturated rings. The maximum absolute atomic E-state index is 12.6. The summed E-state index contributed by atoms with van der Waals surface area (Å²) in [5.41, 5.74) is -0.906. The number of alkyl halides is 3. The Morgan fingerprint density at radius 1 is 1.36 bits per heavy atom. The third kappa shape index (κ3) is 4.44. The number of hydrogen-bond donors (Lipinski definition) is 1. The summed E-state index contributed by atoms with van der Waals surface area (Å²) in [4.78, 5) is 11.9. The molecule has 0 aliphatic heterocycles. The second-order valence-corrected chi connectivity index (χ2v) is 7.10. The van der Waals surface area contributed by atoms with E-state index >= 15 is 0 Å². The van der Waals surface area contributed by atoms with Gasteiger partial charge in [-0.1, -0.05) is 6.07 Å². The topological polar surface area (TPSA) is 66.5 Å². The van der Waals surface area contributed by atoms with Gasteiger partial charge in [-0.05, 0) is 31.0 Å². The molecule has 0 heterocycles. The lowest BCUT2D eigenvalue weighted by Crippen LogP contribution is -2.38. The summed E-state index contributed by atoms with van der Waals surface area (Å²) in [6.07, 6.45) is -2.13. The minimum atomic E-state index is -4.51. The van der Waals surface area contributed by atoms with Crippen molar-refractivity contribution in [1.29, 1.82) is 0 Å². The largest absolute Gasteiger partial charge is 0.416 e. The van der Waals surface area contributed by atoms with E-state index in [0.717, 1.165) is 22.7 Å². The van der Waals surface area contributed by atoms with E-state index in [1.807, 2.05) is 0 Å². The Bertz CT molecular complexity index is 669. The van der Waals surface area contributed by atoms with Crippen LogP contribution in [-0.4, -0.2) is 37.5 Å². The Labute approximate surface area is 126 Å². The molecule has 0 saturated heterocycles. The smallest absolute Gasteiger partial charge is 0.325 e. The normalized spacial score (nSPS) is 15.9. The quantitative estimate of drug-likeness (QED) is 0.895. The first kappa shape index (κ1) is 16.8. The predicted octanol–water partition coefficient (Wildman–Crippen LogP) is 2.07. The van der Waals surface area contributed by atoms with Gasteiger partial charge in [0, 0.05) is 11.7 Å². The number of anilines is 1. The summed E-state index contributed by atoms with van der Waals surface area (Å²) in [5.74, 6) is -0.670. The summed E-state index contributed by atoms with van der Waals surface area (Å²) in [7, 11) is -3.53. The number of benzene rings is 1. The van der Waals surface area contributed by atoms with Gasteiger partial charge in [-0.3, -0.25) is 4.79 Å². The van der Waals surface area contributed by atoms with Gasteiger partial charge >= 0.3 is 6.18 Å². The Morgan fingerprint density at radius 2 is 2.00 bits per heavy atom. The lowest BCUT2D eigenvalue weighted by molar-refractivity contribution is -0.137. The number of carbonyl (C=O) groups is 1. The summed E-state index contributed by atoms with van der Waals surface area (Å²) >= 11 is 0. The molecule has 122 valence electrons. The van der Waals surface area contributed by atoms with Crippen LogP contribution in [0, 0.1) is 0 Å². The summed E-state index contributed by atoms with van der Waals surface area (Å²) in [6.45, 7) is -0.403. The van der Waals surface area contributed by atoms with Gasteiger partial charge in [0.05, 0.1) is 18.4 Å². The Hall–Kier alpha value is -1.61. The van der Waals surface area contributed by atoms with Gasteiger partial charge in [0.1, 0.15) is 0 Å². The van der Waals surface area contributed by atoms with Crippen molar-refractivity contribution in [2.45, 2.75) is 25.1 Å². The highest BCUT2D eigenvalue weighted by molar-refractivity contribution is 7.88. The molecule has 1 aliphatic carbocycles. The minimum absolute atomic E-state index is 0.0240. The molecule has 9 heteroatoms. The standard InChI is InChI=1S/C13H15F3N2O3S/c1-22(20,21)18(11-5-6-11)8-12(19)17-10-4-2-3-9(7-10)13(14,15)16/h2-4,7,11H,5-6,8H2,1H3,(H,17,19). The zero-order valence-electron chi connectivity index (χ0n) is 11.7. The van der Waals surface area contributed by atoms with Crippen LogP contribution in [0.3, 0.4) is 0 Å². The van der Waals surface area contributed by atoms with Gasteiger partial charge in [0.15, 0.2) is 0 Å². The Balaban J connectivity index is 2.06. The third-order valence-electron chi connectivity index (χ3n) is 3.15. The molecule has 2 rings (SSSR count). The van der Waals surface area contributed by atoms with Crippen LogP contribution in [0.2, 0.25) is 0 Å². The molecule has 0 spiro atoms. The van der Waals surface area contributed by atoms with E-state index in [4.69, 9.17) is 0 Å². The number of nitrogens with zero attached hydrogens (tertiary/aromatic N) is 1. The second-order valence-electron chi connectivity index (χ2n) is 5.17. The van der Waals surface area contributed by atoms with Crippen LogP contribution >= 0.6 is 0 Å². The monoisotopic (exact) mass is 336 g/mol. The molecule has 1 amide bonds. The van der Waals surface area contributed by atoms with Crippen molar-refractivity contribution in [1.82, 2.24) is 4.31 Å². The van der Waals surface area contributed by atoms with Crippen molar-refractivity contribution in [3.8, 4) is 0 Å². The fourth-order valence-electron chi connectivity index (χ4n) is 1.99. The molecule has 1 N–H and O–H groups in total. The molecule has 0 radical (unpaired) electrons. The zero-order chi connectivity index (χ0) is 16.5. The average molecular weight is 336 g/mol. The minimum Gasteiger partial charge on any atom is -0.325 e. The molecule has 1 aromatic carbocycles. The van der Waals surface area contributed by atoms with E-state index in [-0.39, 0.29) is 11.7 Å². The molecule has 1 saturated carbocycles. The molecular weight excluding hydrogens is 321 g/mol. The Morgan fingerprint density at radius 3 is 2.50 bits per heavy atom. The molecule has 22 heavy (non-hydrogen) atoms. The van der Waals surface area contributed by atoms with Gasteiger partial charge in [-0.2, -0.15) is 17.5 Å². The van der Waals surface area contributed by atoms with Crippen molar-refractivity contribution in [3.05, 3.63) is 29.8 Å². The van der Waals surface area contributed by atoms with Crippen LogP contribution in [0.5, 0.6) is 0 Å². The summed E-state index contributed by atoms with van der Waals surface area (Å²) < 4.78 is 62.0. The van der Waals surface area contributed by atoms with Crippen LogP contribution in [0.1, 0.15) is 18.4 Å². The van der Waals surface area contributed by atoms with Crippen LogP contribution in [0.4, 0.5) is 18.9 Å². The van der Waals surface area contributed by atoms with E-state index in [0.29, 0.717) is 12.8 Å². The maximum atomic E-state index is 12.6. The van der Waals surface area contributed by atoms with Gasteiger partial charge in [-0.25, -0.2) is 8.42 Å². The van der Waals surface area contributed by atoms with Gasteiger partial charge in [0.2, 0.25) is 15.9 Å². The number of amides is 1. The van der Waals surface area contributed by atoms with Crippen LogP contribution < -0.4 is 5.32 Å². The number of hydrogen-bond acceptors (Lipinski definition) is 3. The van der Waals surface area contributed by atoms with E-state index < -0.39 is 34.2 Å². The highest BCUT2D eigenvalue weighted by Gasteiger charge is 2.36. The molecular formula is C13H15F3N2O3S. The lowest BCUT2D eigenvalue weighted by atomic mass is 10.2. The zero-order valence-corrected chi connectivity index (χ0v) is 12.5. The first-order chi connectivity index (χ1) is 10.1. The number of carbonyl (C=O) groups excluding carboxylic acids is 1. The first-order valence-electron chi connectivity index (χ1n) is 6.51. The SMILES string of the molecule is CS(=O)(=O)N(CC(=O)Nc1cccc(C(F)(F)F)c1)C1CC1. The fourth-order valence-corrected chi connectivity index (χ4v) is 3.10. The molecule has 0 aromatic heterocycles. The third-order valence-corrected chi connectivity index (χ3v) is 4.43. The van der Waals surface area contributed by atoms with E-state index in [2.05, 4.69) is 5.32 Å². The van der Waals surface area contributed by atoms with Crippen molar-refractivity contribution in [2.75, 3.05) is 18.1 Å². The number of rotatable bonds is 5. The van der Waals surface area contributed by atoms with Gasteiger partial charge in [-0.15, -0.1) is 0 Å². The summed E-state index contributed by atoms with van der Waals surface area (Å²) in [5, 5.41) is 2.29. The number of nitrogens with one attached hydrogen (secondary N) is 1. The van der Waals surface area contributed by atoms with E-state index in [9.17, 15) is 26.4 Å². The highest BCUT2D eigenvalue weighted by atomic mass is 32.2. The van der Waals surface area contributed by atoms with Crippen molar-refractivity contribution < 1.29 is 26.4 Å².